The van der Waals surface area contributed by atoms with Crippen LogP contribution in [0.3, 0.4) is 0 Å². The lowest BCUT2D eigenvalue weighted by molar-refractivity contribution is -0.119. The van der Waals surface area contributed by atoms with Gasteiger partial charge in [0.1, 0.15) is 5.75 Å². The molecule has 2 aliphatic heterocycles. The third-order valence-electron chi connectivity index (χ3n) is 7.54. The smallest absolute Gasteiger partial charge is 0.261 e. The number of ether oxygens (including phenoxy) is 1. The Kier molecular flexibility index (Phi) is 5.72. The van der Waals surface area contributed by atoms with Gasteiger partial charge in [-0.1, -0.05) is 49.2 Å². The molecule has 39 heavy (non-hydrogen) atoms. The molecule has 0 aliphatic carbocycles. The highest BCUT2D eigenvalue weighted by Crippen LogP contribution is 2.56. The van der Waals surface area contributed by atoms with Gasteiger partial charge < -0.3 is 20.4 Å². The maximum absolute atomic E-state index is 14.5. The molecule has 0 fully saturated rings. The number of hydrogen-bond acceptors (Lipinski definition) is 4. The SMILES string of the molecule is COc1ccc(N)cc1-n1cc2c(c1C(C)C)C1(C(=O)Nc3cc(Cl)ccc31)N(c1cc(Cl)ccc1C)C2=O. The third kappa shape index (κ3) is 3.43. The van der Waals surface area contributed by atoms with Crippen LogP contribution in [0.5, 0.6) is 5.75 Å². The number of nitrogens with two attached hydrogens (primary N) is 1. The third-order valence-corrected chi connectivity index (χ3v) is 8.01. The number of fused-ring (bicyclic) bond motifs is 4. The number of carbonyl (C=O) groups excluding carboxylic acids is 2. The molecule has 0 bridgehead atoms. The zero-order valence-electron chi connectivity index (χ0n) is 21.8. The Labute approximate surface area is 236 Å². The summed E-state index contributed by atoms with van der Waals surface area (Å²) in [6, 6.07) is 16.0. The van der Waals surface area contributed by atoms with Gasteiger partial charge in [0.2, 0.25) is 0 Å². The van der Waals surface area contributed by atoms with E-state index in [0.717, 1.165) is 11.3 Å². The minimum atomic E-state index is -1.49. The zero-order valence-corrected chi connectivity index (χ0v) is 23.3. The first-order valence-electron chi connectivity index (χ1n) is 12.5. The summed E-state index contributed by atoms with van der Waals surface area (Å²) in [4.78, 5) is 30.4. The summed E-state index contributed by atoms with van der Waals surface area (Å²) in [5.74, 6) is -0.150. The molecule has 2 aliphatic rings. The minimum absolute atomic E-state index is 0.0888. The molecule has 198 valence electrons. The van der Waals surface area contributed by atoms with Crippen molar-refractivity contribution in [3.05, 3.63) is 98.8 Å². The van der Waals surface area contributed by atoms with Gasteiger partial charge >= 0.3 is 0 Å². The van der Waals surface area contributed by atoms with E-state index < -0.39 is 5.54 Å². The standard InChI is InChI=1S/C30H26Cl2N4O3/c1-15(2)27-26-20(14-35(27)24-13-19(33)8-10-25(24)39-4)28(37)36(23-12-18(32)6-5-16(23)3)30(26)21-9-7-17(31)11-22(21)34-29(30)38/h5-15H,33H2,1-4H3,(H,34,38). The van der Waals surface area contributed by atoms with Crippen molar-refractivity contribution in [2.75, 3.05) is 23.1 Å². The Bertz CT molecular complexity index is 1710. The maximum Gasteiger partial charge on any atom is 0.261 e. The molecular weight excluding hydrogens is 535 g/mol. The van der Waals surface area contributed by atoms with Gasteiger partial charge in [0.15, 0.2) is 5.54 Å². The number of aryl methyl sites for hydroxylation is 1. The van der Waals surface area contributed by atoms with E-state index in [1.807, 2.05) is 37.5 Å². The van der Waals surface area contributed by atoms with Gasteiger partial charge in [0, 0.05) is 44.4 Å². The molecule has 3 aromatic carbocycles. The molecule has 3 heterocycles. The number of aromatic nitrogens is 1. The number of amides is 2. The second kappa shape index (κ2) is 8.79. The summed E-state index contributed by atoms with van der Waals surface area (Å²) >= 11 is 12.8. The van der Waals surface area contributed by atoms with E-state index >= 15 is 0 Å². The molecule has 0 radical (unpaired) electrons. The quantitative estimate of drug-likeness (QED) is 0.273. The van der Waals surface area contributed by atoms with Crippen LogP contribution in [0.25, 0.3) is 5.69 Å². The molecular formula is C30H26Cl2N4O3. The summed E-state index contributed by atoms with van der Waals surface area (Å²) in [6.07, 6.45) is 1.78. The number of nitrogens with zero attached hydrogens (tertiary/aromatic N) is 2. The van der Waals surface area contributed by atoms with Crippen molar-refractivity contribution in [3.8, 4) is 11.4 Å². The number of methoxy groups -OCH3 is 1. The highest BCUT2D eigenvalue weighted by molar-refractivity contribution is 6.32. The number of nitrogens with one attached hydrogen (secondary N) is 1. The van der Waals surface area contributed by atoms with Crippen LogP contribution >= 0.6 is 23.2 Å². The van der Waals surface area contributed by atoms with Crippen LogP contribution in [0.4, 0.5) is 17.1 Å². The van der Waals surface area contributed by atoms with Gasteiger partial charge in [-0.25, -0.2) is 0 Å². The number of anilines is 3. The van der Waals surface area contributed by atoms with Gasteiger partial charge in [0.05, 0.1) is 24.0 Å². The number of carbonyl (C=O) groups is 2. The monoisotopic (exact) mass is 560 g/mol. The van der Waals surface area contributed by atoms with Crippen molar-refractivity contribution in [1.29, 1.82) is 0 Å². The molecule has 7 nitrogen and oxygen atoms in total. The Hall–Kier alpha value is -3.94. The second-order valence-corrected chi connectivity index (χ2v) is 11.1. The fourth-order valence-corrected chi connectivity index (χ4v) is 6.30. The highest BCUT2D eigenvalue weighted by Gasteiger charge is 2.63. The summed E-state index contributed by atoms with van der Waals surface area (Å²) in [5.41, 5.74) is 10.3. The normalized spacial score (nSPS) is 17.7. The fraction of sp³-hybridized carbons (Fsp3) is 0.200. The average molecular weight is 561 g/mol. The molecule has 2 amide bonds. The van der Waals surface area contributed by atoms with E-state index in [9.17, 15) is 9.59 Å². The van der Waals surface area contributed by atoms with Crippen LogP contribution in [0.2, 0.25) is 10.0 Å². The summed E-state index contributed by atoms with van der Waals surface area (Å²) in [6.45, 7) is 5.96. The Morgan fingerprint density at radius 1 is 0.974 bits per heavy atom. The molecule has 1 aromatic heterocycles. The van der Waals surface area contributed by atoms with Crippen molar-refractivity contribution in [3.63, 3.8) is 0 Å². The summed E-state index contributed by atoms with van der Waals surface area (Å²) in [5, 5.41) is 3.95. The molecule has 4 aromatic rings. The predicted molar refractivity (Wildman–Crippen MR) is 155 cm³/mol. The lowest BCUT2D eigenvalue weighted by Gasteiger charge is -2.36. The molecule has 9 heteroatoms. The molecule has 3 N–H and O–H groups in total. The van der Waals surface area contributed by atoms with Gasteiger partial charge in [-0.3, -0.25) is 14.5 Å². The number of hydrogen-bond donors (Lipinski definition) is 2. The van der Waals surface area contributed by atoms with Gasteiger partial charge in [0.25, 0.3) is 11.8 Å². The minimum Gasteiger partial charge on any atom is -0.495 e. The van der Waals surface area contributed by atoms with Crippen molar-refractivity contribution >= 4 is 52.1 Å². The maximum atomic E-state index is 14.5. The predicted octanol–water partition coefficient (Wildman–Crippen LogP) is 6.66. The van der Waals surface area contributed by atoms with Crippen LogP contribution in [0.15, 0.2) is 60.8 Å². The first-order chi connectivity index (χ1) is 18.6. The van der Waals surface area contributed by atoms with Crippen molar-refractivity contribution in [2.24, 2.45) is 0 Å². The first kappa shape index (κ1) is 25.3. The second-order valence-electron chi connectivity index (χ2n) is 10.2. The Morgan fingerprint density at radius 2 is 1.69 bits per heavy atom. The molecule has 6 rings (SSSR count). The molecule has 1 spiro atoms. The van der Waals surface area contributed by atoms with Gasteiger partial charge in [-0.2, -0.15) is 0 Å². The molecule has 0 saturated carbocycles. The average Bonchev–Trinajstić information content (AvgIpc) is 3.49. The number of rotatable bonds is 4. The van der Waals surface area contributed by atoms with E-state index in [1.54, 1.807) is 60.7 Å². The lowest BCUT2D eigenvalue weighted by Crippen LogP contribution is -2.51. The van der Waals surface area contributed by atoms with Crippen LogP contribution < -0.4 is 20.7 Å². The highest BCUT2D eigenvalue weighted by atomic mass is 35.5. The van der Waals surface area contributed by atoms with E-state index in [1.165, 1.54) is 0 Å². The van der Waals surface area contributed by atoms with E-state index in [4.69, 9.17) is 33.7 Å². The Balaban J connectivity index is 1.75. The van der Waals surface area contributed by atoms with Gasteiger partial charge in [-0.05, 0) is 60.9 Å². The largest absolute Gasteiger partial charge is 0.495 e. The summed E-state index contributed by atoms with van der Waals surface area (Å²) in [7, 11) is 1.59. The van der Waals surface area contributed by atoms with Crippen molar-refractivity contribution in [2.45, 2.75) is 32.2 Å². The van der Waals surface area contributed by atoms with E-state index in [0.29, 0.717) is 55.2 Å². The number of halogens is 2. The lowest BCUT2D eigenvalue weighted by atomic mass is 9.81. The van der Waals surface area contributed by atoms with E-state index in [2.05, 4.69) is 5.32 Å². The zero-order chi connectivity index (χ0) is 27.8. The van der Waals surface area contributed by atoms with Crippen molar-refractivity contribution in [1.82, 2.24) is 4.57 Å². The number of nitrogen functional groups attached to an aromatic ring is 1. The molecule has 1 unspecified atom stereocenters. The van der Waals surface area contributed by atoms with Crippen LogP contribution in [0.1, 0.15) is 52.5 Å². The number of benzene rings is 3. The van der Waals surface area contributed by atoms with Crippen LogP contribution in [0, 0.1) is 6.92 Å². The first-order valence-corrected chi connectivity index (χ1v) is 13.3. The molecule has 1 atom stereocenters. The van der Waals surface area contributed by atoms with Crippen LogP contribution in [-0.2, 0) is 10.3 Å². The molecule has 0 saturated heterocycles. The fourth-order valence-electron chi connectivity index (χ4n) is 5.96. The topological polar surface area (TPSA) is 89.6 Å². The Morgan fingerprint density at radius 3 is 2.41 bits per heavy atom. The van der Waals surface area contributed by atoms with Crippen LogP contribution in [-0.4, -0.2) is 23.5 Å². The summed E-state index contributed by atoms with van der Waals surface area (Å²) < 4.78 is 7.59. The van der Waals surface area contributed by atoms with Crippen molar-refractivity contribution < 1.29 is 14.3 Å². The van der Waals surface area contributed by atoms with Gasteiger partial charge in [-0.15, -0.1) is 0 Å². The van der Waals surface area contributed by atoms with E-state index in [-0.39, 0.29) is 17.7 Å².